The number of Topliss-reactive ketones (excluding diaryl/α,β-unsaturated/α-hetero) is 1. The van der Waals surface area contributed by atoms with Crippen LogP contribution in [0.15, 0.2) is 24.3 Å². The maximum Gasteiger partial charge on any atom is 0.372 e. The van der Waals surface area contributed by atoms with Gasteiger partial charge in [0.15, 0.2) is 0 Å². The summed E-state index contributed by atoms with van der Waals surface area (Å²) in [4.78, 5) is 32.5. The number of esters is 1. The molecule has 35 heavy (non-hydrogen) atoms. The van der Waals surface area contributed by atoms with Gasteiger partial charge in [-0.15, -0.1) is 0 Å². The number of anilines is 1. The fourth-order valence-corrected chi connectivity index (χ4v) is 2.37. The van der Waals surface area contributed by atoms with Crippen LogP contribution in [-0.2, 0) is 42.8 Å². The van der Waals surface area contributed by atoms with Gasteiger partial charge in [0, 0.05) is 12.1 Å². The molecule has 0 aromatic heterocycles. The smallest absolute Gasteiger partial charge is 0.372 e. The molecule has 0 saturated carbocycles. The van der Waals surface area contributed by atoms with Crippen LogP contribution in [0.2, 0.25) is 0 Å². The average molecular weight is 502 g/mol. The van der Waals surface area contributed by atoms with Crippen LogP contribution in [0.4, 0.5) is 5.69 Å². The van der Waals surface area contributed by atoms with Gasteiger partial charge in [-0.2, -0.15) is 0 Å². The summed E-state index contributed by atoms with van der Waals surface area (Å²) in [5.74, 6) is -2.48. The summed E-state index contributed by atoms with van der Waals surface area (Å²) < 4.78 is 37.1. The maximum atomic E-state index is 11.3. The second-order valence-corrected chi connectivity index (χ2v) is 6.93. The Labute approximate surface area is 204 Å². The lowest BCUT2D eigenvalue weighted by molar-refractivity contribution is -0.151. The number of hydrogen-bond acceptors (Lipinski definition) is 11. The topological polar surface area (TPSA) is 162 Å². The summed E-state index contributed by atoms with van der Waals surface area (Å²) in [5, 5.41) is 8.41. The molecule has 0 spiro atoms. The Morgan fingerprint density at radius 1 is 0.629 bits per heavy atom. The molecule has 0 bridgehead atoms. The number of benzene rings is 1. The van der Waals surface area contributed by atoms with Gasteiger partial charge in [0.1, 0.15) is 19.0 Å². The average Bonchev–Trinajstić information content (AvgIpc) is 2.84. The number of hydrogen-bond donors (Lipinski definition) is 2. The maximum absolute atomic E-state index is 11.3. The Hall–Kier alpha value is -2.77. The second-order valence-electron chi connectivity index (χ2n) is 6.93. The van der Waals surface area contributed by atoms with Crippen molar-refractivity contribution in [2.24, 2.45) is 0 Å². The monoisotopic (exact) mass is 501 g/mol. The quantitative estimate of drug-likeness (QED) is 0.0936. The number of carbonyl (C=O) groups is 3. The van der Waals surface area contributed by atoms with Gasteiger partial charge in [-0.05, 0) is 24.3 Å². The van der Waals surface area contributed by atoms with Gasteiger partial charge in [0.2, 0.25) is 5.78 Å². The summed E-state index contributed by atoms with van der Waals surface area (Å²) in [6.07, 6.45) is -0.650. The van der Waals surface area contributed by atoms with Crippen LogP contribution in [0.25, 0.3) is 0 Å². The van der Waals surface area contributed by atoms with E-state index in [9.17, 15) is 14.4 Å². The van der Waals surface area contributed by atoms with E-state index in [0.29, 0.717) is 71.8 Å². The molecule has 0 radical (unpaired) electrons. The van der Waals surface area contributed by atoms with Crippen LogP contribution in [0.5, 0.6) is 5.75 Å². The van der Waals surface area contributed by atoms with Crippen molar-refractivity contribution < 1.29 is 52.6 Å². The molecule has 198 valence electrons. The molecule has 1 aromatic rings. The Morgan fingerprint density at radius 3 is 1.51 bits per heavy atom. The van der Waals surface area contributed by atoms with Gasteiger partial charge in [-0.25, -0.2) is 4.79 Å². The molecule has 12 heteroatoms. The van der Waals surface area contributed by atoms with E-state index < -0.39 is 17.7 Å². The number of aliphatic carboxylic acids is 1. The minimum Gasteiger partial charge on any atom is -0.491 e. The van der Waals surface area contributed by atoms with Gasteiger partial charge < -0.3 is 44.0 Å². The van der Waals surface area contributed by atoms with Crippen molar-refractivity contribution >= 4 is 23.4 Å². The lowest BCUT2D eigenvalue weighted by atomic mass is 10.2. The van der Waals surface area contributed by atoms with E-state index in [4.69, 9.17) is 44.0 Å². The third kappa shape index (κ3) is 18.3. The first-order chi connectivity index (χ1) is 17.0. The molecule has 3 N–H and O–H groups in total. The van der Waals surface area contributed by atoms with E-state index in [-0.39, 0.29) is 26.1 Å². The molecule has 1 aromatic carbocycles. The normalized spacial score (nSPS) is 10.7. The molecular formula is C23H35NO11. The van der Waals surface area contributed by atoms with Gasteiger partial charge in [0.25, 0.3) is 0 Å². The Balaban J connectivity index is 1.73. The van der Waals surface area contributed by atoms with Crippen LogP contribution >= 0.6 is 0 Å². The zero-order chi connectivity index (χ0) is 25.6. The third-order valence-electron chi connectivity index (χ3n) is 4.15. The minimum atomic E-state index is -1.56. The fraction of sp³-hybridized carbons (Fsp3) is 0.609. The molecule has 0 aliphatic rings. The number of rotatable bonds is 23. The molecule has 1 rings (SSSR count). The zero-order valence-corrected chi connectivity index (χ0v) is 19.8. The van der Waals surface area contributed by atoms with Gasteiger partial charge >= 0.3 is 11.9 Å². The standard InChI is InChI=1S/C23H35NO11/c24-19-1-3-20(4-2-19)34-17-15-32-13-11-30-9-7-29-8-10-31-12-14-33-16-18-35-22(26)6-5-21(25)23(27)28/h1-4H,5-18,24H2,(H,27,28). The van der Waals surface area contributed by atoms with Crippen molar-refractivity contribution in [3.05, 3.63) is 24.3 Å². The predicted octanol–water partition coefficient (Wildman–Crippen LogP) is 0.708. The number of ether oxygens (including phenoxy) is 7. The highest BCUT2D eigenvalue weighted by atomic mass is 16.6. The van der Waals surface area contributed by atoms with Gasteiger partial charge in [-0.3, -0.25) is 9.59 Å². The van der Waals surface area contributed by atoms with Crippen molar-refractivity contribution in [1.82, 2.24) is 0 Å². The molecular weight excluding hydrogens is 466 g/mol. The van der Waals surface area contributed by atoms with Gasteiger partial charge in [-0.1, -0.05) is 0 Å². The second kappa shape index (κ2) is 20.6. The Morgan fingerprint density at radius 2 is 1.06 bits per heavy atom. The largest absolute Gasteiger partial charge is 0.491 e. The van der Waals surface area contributed by atoms with E-state index in [1.807, 2.05) is 12.1 Å². The van der Waals surface area contributed by atoms with E-state index in [0.717, 1.165) is 5.75 Å². The van der Waals surface area contributed by atoms with Crippen LogP contribution in [0.3, 0.4) is 0 Å². The number of carbonyl (C=O) groups excluding carboxylic acids is 2. The van der Waals surface area contributed by atoms with Crippen molar-refractivity contribution in [3.8, 4) is 5.75 Å². The summed E-state index contributed by atoms with van der Waals surface area (Å²) in [5.41, 5.74) is 6.30. The molecule has 0 atom stereocenters. The van der Waals surface area contributed by atoms with E-state index in [1.54, 1.807) is 12.1 Å². The highest BCUT2D eigenvalue weighted by molar-refractivity contribution is 6.32. The van der Waals surface area contributed by atoms with Crippen LogP contribution in [0, 0.1) is 0 Å². The lowest BCUT2D eigenvalue weighted by Crippen LogP contribution is -2.17. The minimum absolute atomic E-state index is 0.0195. The molecule has 0 saturated heterocycles. The predicted molar refractivity (Wildman–Crippen MR) is 123 cm³/mol. The first-order valence-corrected chi connectivity index (χ1v) is 11.3. The van der Waals surface area contributed by atoms with Crippen molar-refractivity contribution in [3.63, 3.8) is 0 Å². The molecule has 0 aliphatic heterocycles. The lowest BCUT2D eigenvalue weighted by Gasteiger charge is -2.09. The number of carboxylic acids is 1. The Bertz CT molecular complexity index is 712. The number of nitrogens with two attached hydrogens (primary N) is 1. The fourth-order valence-electron chi connectivity index (χ4n) is 2.37. The number of nitrogen functional groups attached to an aromatic ring is 1. The first kappa shape index (κ1) is 30.3. The van der Waals surface area contributed by atoms with Crippen LogP contribution < -0.4 is 10.5 Å². The molecule has 12 nitrogen and oxygen atoms in total. The summed E-state index contributed by atoms with van der Waals surface area (Å²) in [6, 6.07) is 7.17. The van der Waals surface area contributed by atoms with Gasteiger partial charge in [0.05, 0.1) is 72.5 Å². The summed E-state index contributed by atoms with van der Waals surface area (Å²) >= 11 is 0. The number of carboxylic acid groups (broad SMARTS) is 1. The van der Waals surface area contributed by atoms with E-state index in [1.165, 1.54) is 0 Å². The molecule has 0 heterocycles. The third-order valence-corrected chi connectivity index (χ3v) is 4.15. The summed E-state index contributed by atoms with van der Waals surface area (Å²) in [6.45, 7) is 4.47. The van der Waals surface area contributed by atoms with Crippen molar-refractivity contribution in [1.29, 1.82) is 0 Å². The van der Waals surface area contributed by atoms with Crippen molar-refractivity contribution in [2.75, 3.05) is 85.0 Å². The van der Waals surface area contributed by atoms with Crippen molar-refractivity contribution in [2.45, 2.75) is 12.8 Å². The highest BCUT2D eigenvalue weighted by Gasteiger charge is 2.14. The highest BCUT2D eigenvalue weighted by Crippen LogP contribution is 2.12. The SMILES string of the molecule is Nc1ccc(OCCOCCOCCOCCOCCOCCOC(=O)CCC(=O)C(=O)O)cc1. The summed E-state index contributed by atoms with van der Waals surface area (Å²) in [7, 11) is 0. The van der Waals surface area contributed by atoms with E-state index >= 15 is 0 Å². The molecule has 0 unspecified atom stereocenters. The molecule has 0 fully saturated rings. The van der Waals surface area contributed by atoms with E-state index in [2.05, 4.69) is 0 Å². The van der Waals surface area contributed by atoms with Crippen LogP contribution in [-0.4, -0.2) is 102 Å². The first-order valence-electron chi connectivity index (χ1n) is 11.3. The number of ketones is 1. The van der Waals surface area contributed by atoms with Crippen LogP contribution in [0.1, 0.15) is 12.8 Å². The molecule has 0 aliphatic carbocycles. The zero-order valence-electron chi connectivity index (χ0n) is 19.8. The Kier molecular flexibility index (Phi) is 17.8. The molecule has 0 amide bonds.